The molecule has 0 spiro atoms. The van der Waals surface area contributed by atoms with Crippen LogP contribution < -0.4 is 4.90 Å². The van der Waals surface area contributed by atoms with Crippen LogP contribution in [0.4, 0.5) is 17.1 Å². The van der Waals surface area contributed by atoms with Crippen molar-refractivity contribution in [2.45, 2.75) is 5.41 Å². The average Bonchev–Trinajstić information content (AvgIpc) is 3.92. The summed E-state index contributed by atoms with van der Waals surface area (Å²) >= 11 is 1.88. The molecule has 0 aliphatic heterocycles. The molecule has 1 aliphatic carbocycles. The summed E-state index contributed by atoms with van der Waals surface area (Å²) in [6.07, 6.45) is 0. The third kappa shape index (κ3) is 5.85. The van der Waals surface area contributed by atoms with Gasteiger partial charge in [0.25, 0.3) is 0 Å². The highest BCUT2D eigenvalue weighted by Crippen LogP contribution is 2.62. The summed E-state index contributed by atoms with van der Waals surface area (Å²) in [6.45, 7) is 0. The van der Waals surface area contributed by atoms with E-state index in [-0.39, 0.29) is 0 Å². The van der Waals surface area contributed by atoms with Crippen molar-refractivity contribution < 1.29 is 0 Å². The van der Waals surface area contributed by atoms with Gasteiger partial charge in [0.15, 0.2) is 0 Å². The molecule has 0 saturated heterocycles. The summed E-state index contributed by atoms with van der Waals surface area (Å²) in [7, 11) is 0. The quantitative estimate of drug-likeness (QED) is 0.154. The Morgan fingerprint density at radius 1 is 0.354 bits per heavy atom. The van der Waals surface area contributed by atoms with Gasteiger partial charge in [-0.3, -0.25) is 0 Å². The van der Waals surface area contributed by atoms with Crippen LogP contribution in [0, 0.1) is 0 Å². The molecule has 2 heteroatoms. The van der Waals surface area contributed by atoms with Crippen LogP contribution in [0.3, 0.4) is 0 Å². The topological polar surface area (TPSA) is 3.24 Å². The van der Waals surface area contributed by atoms with E-state index in [1.807, 2.05) is 11.3 Å². The zero-order valence-electron chi connectivity index (χ0n) is 35.5. The fourth-order valence-corrected chi connectivity index (χ4v) is 12.0. The van der Waals surface area contributed by atoms with Crippen molar-refractivity contribution >= 4 is 70.1 Å². The summed E-state index contributed by atoms with van der Waals surface area (Å²) in [5, 5.41) is 7.52. The second kappa shape index (κ2) is 15.1. The first kappa shape index (κ1) is 37.5. The second-order valence-corrected chi connectivity index (χ2v) is 18.2. The third-order valence-corrected chi connectivity index (χ3v) is 14.9. The fraction of sp³-hybridized carbons (Fsp3) is 0.0159. The van der Waals surface area contributed by atoms with Gasteiger partial charge in [-0.05, 0) is 114 Å². The Bertz CT molecular complexity index is 3730. The van der Waals surface area contributed by atoms with E-state index in [2.05, 4.69) is 254 Å². The molecule has 1 aromatic heterocycles. The molecular weight excluding hydrogens is 803 g/mol. The molecule has 0 fully saturated rings. The summed E-state index contributed by atoms with van der Waals surface area (Å²) in [4.78, 5) is 2.55. The molecule has 0 bridgehead atoms. The molecule has 1 heterocycles. The van der Waals surface area contributed by atoms with E-state index in [1.165, 1.54) is 97.4 Å². The van der Waals surface area contributed by atoms with Gasteiger partial charge < -0.3 is 4.90 Å². The average molecular weight is 844 g/mol. The second-order valence-electron chi connectivity index (χ2n) is 17.2. The van der Waals surface area contributed by atoms with Crippen LogP contribution in [0.25, 0.3) is 75.1 Å². The number of anilines is 3. The van der Waals surface area contributed by atoms with Crippen molar-refractivity contribution in [3.8, 4) is 33.4 Å². The standard InChI is InChI=1S/C63H41NS/c1-3-20-49(21-4-1)63(50-22-5-2-6-23-50)56-27-13-11-25-55(56)60-57(39-38-52(61(60)63)48-33-31-43-17-8-10-19-46(43)41-48)64(58-28-15-26-54-53-24-12-14-29-59(53)65-62(54)58)51-36-34-44(35-37-51)47-32-30-42-16-7-9-18-45(42)40-47/h1-41H. The molecule has 0 amide bonds. The first-order valence-corrected chi connectivity index (χ1v) is 23.2. The first-order chi connectivity index (χ1) is 32.2. The number of hydrogen-bond donors (Lipinski definition) is 0. The lowest BCUT2D eigenvalue weighted by atomic mass is 9.66. The molecule has 0 N–H and O–H groups in total. The molecular formula is C63H41NS. The number of benzene rings is 11. The van der Waals surface area contributed by atoms with Gasteiger partial charge in [0, 0.05) is 26.7 Å². The Kier molecular flexibility index (Phi) is 8.69. The van der Waals surface area contributed by atoms with Crippen LogP contribution in [-0.4, -0.2) is 0 Å². The zero-order chi connectivity index (χ0) is 42.9. The minimum atomic E-state index is -0.624. The number of rotatable bonds is 7. The van der Waals surface area contributed by atoms with Crippen molar-refractivity contribution in [1.29, 1.82) is 0 Å². The lowest BCUT2D eigenvalue weighted by Crippen LogP contribution is -2.29. The normalized spacial score (nSPS) is 12.7. The predicted molar refractivity (Wildman–Crippen MR) is 277 cm³/mol. The molecule has 304 valence electrons. The van der Waals surface area contributed by atoms with Crippen LogP contribution in [0.1, 0.15) is 22.3 Å². The Morgan fingerprint density at radius 2 is 0.923 bits per heavy atom. The summed E-state index contributed by atoms with van der Waals surface area (Å²) in [6, 6.07) is 92.4. The SMILES string of the molecule is c1ccc(C2(c3ccccc3)c3ccccc3-c3c(N(c4ccc(-c5ccc6ccccc6c5)cc4)c4cccc5c4sc4ccccc45)ccc(-c4ccc5ccccc5c4)c32)cc1. The van der Waals surface area contributed by atoms with Crippen molar-refractivity contribution in [2.24, 2.45) is 0 Å². The third-order valence-electron chi connectivity index (χ3n) is 13.7. The summed E-state index contributed by atoms with van der Waals surface area (Å²) in [5.74, 6) is 0. The Labute approximate surface area is 382 Å². The highest BCUT2D eigenvalue weighted by Gasteiger charge is 2.49. The van der Waals surface area contributed by atoms with Gasteiger partial charge in [-0.25, -0.2) is 0 Å². The lowest BCUT2D eigenvalue weighted by molar-refractivity contribution is 0.770. The van der Waals surface area contributed by atoms with E-state index in [0.717, 1.165) is 17.1 Å². The molecule has 0 atom stereocenters. The van der Waals surface area contributed by atoms with Gasteiger partial charge in [0.05, 0.1) is 21.5 Å². The summed E-state index contributed by atoms with van der Waals surface area (Å²) in [5.41, 5.74) is 15.2. The van der Waals surface area contributed by atoms with Crippen molar-refractivity contribution in [3.63, 3.8) is 0 Å². The molecule has 1 aliphatic rings. The van der Waals surface area contributed by atoms with Crippen LogP contribution in [-0.2, 0) is 5.41 Å². The Morgan fingerprint density at radius 3 is 1.65 bits per heavy atom. The van der Waals surface area contributed by atoms with E-state index in [9.17, 15) is 0 Å². The lowest BCUT2D eigenvalue weighted by Gasteiger charge is -2.36. The maximum Gasteiger partial charge on any atom is 0.0720 e. The van der Waals surface area contributed by atoms with Crippen molar-refractivity contribution in [3.05, 3.63) is 271 Å². The highest BCUT2D eigenvalue weighted by molar-refractivity contribution is 7.26. The van der Waals surface area contributed by atoms with Gasteiger partial charge in [-0.2, -0.15) is 0 Å². The maximum atomic E-state index is 2.55. The maximum absolute atomic E-state index is 2.55. The fourth-order valence-electron chi connectivity index (χ4n) is 10.8. The minimum Gasteiger partial charge on any atom is -0.308 e. The van der Waals surface area contributed by atoms with Crippen LogP contribution in [0.2, 0.25) is 0 Å². The molecule has 0 unspecified atom stereocenters. The highest BCUT2D eigenvalue weighted by atomic mass is 32.1. The Hall–Kier alpha value is -8.04. The smallest absolute Gasteiger partial charge is 0.0720 e. The summed E-state index contributed by atoms with van der Waals surface area (Å²) < 4.78 is 2.55. The van der Waals surface area contributed by atoms with E-state index >= 15 is 0 Å². The van der Waals surface area contributed by atoms with Crippen LogP contribution in [0.15, 0.2) is 249 Å². The largest absolute Gasteiger partial charge is 0.308 e. The van der Waals surface area contributed by atoms with E-state index in [4.69, 9.17) is 0 Å². The van der Waals surface area contributed by atoms with Crippen molar-refractivity contribution in [1.82, 2.24) is 0 Å². The monoisotopic (exact) mass is 843 g/mol. The minimum absolute atomic E-state index is 0.624. The van der Waals surface area contributed by atoms with Crippen molar-refractivity contribution in [2.75, 3.05) is 4.90 Å². The van der Waals surface area contributed by atoms with Crippen LogP contribution >= 0.6 is 11.3 Å². The van der Waals surface area contributed by atoms with E-state index in [0.29, 0.717) is 0 Å². The van der Waals surface area contributed by atoms with Gasteiger partial charge in [0.1, 0.15) is 0 Å². The Balaban J connectivity index is 1.14. The van der Waals surface area contributed by atoms with Gasteiger partial charge in [-0.1, -0.05) is 206 Å². The first-order valence-electron chi connectivity index (χ1n) is 22.4. The molecule has 11 aromatic carbocycles. The molecule has 0 saturated carbocycles. The number of fused-ring (bicyclic) bond motifs is 8. The molecule has 0 radical (unpaired) electrons. The van der Waals surface area contributed by atoms with Gasteiger partial charge in [-0.15, -0.1) is 11.3 Å². The molecule has 13 rings (SSSR count). The zero-order valence-corrected chi connectivity index (χ0v) is 36.3. The van der Waals surface area contributed by atoms with Gasteiger partial charge >= 0.3 is 0 Å². The number of thiophene rings is 1. The molecule has 1 nitrogen and oxygen atoms in total. The van der Waals surface area contributed by atoms with Gasteiger partial charge in [0.2, 0.25) is 0 Å². The van der Waals surface area contributed by atoms with E-state index < -0.39 is 5.41 Å². The van der Waals surface area contributed by atoms with E-state index in [1.54, 1.807) is 0 Å². The number of hydrogen-bond acceptors (Lipinski definition) is 2. The predicted octanol–water partition coefficient (Wildman–Crippen LogP) is 17.5. The van der Waals surface area contributed by atoms with Crippen LogP contribution in [0.5, 0.6) is 0 Å². The molecule has 12 aromatic rings. The number of nitrogens with zero attached hydrogens (tertiary/aromatic N) is 1. The molecule has 65 heavy (non-hydrogen) atoms.